The summed E-state index contributed by atoms with van der Waals surface area (Å²) < 4.78 is 4.85. The molecule has 0 saturated carbocycles. The van der Waals surface area contributed by atoms with Crippen LogP contribution < -0.4 is 0 Å². The second-order valence-electron chi connectivity index (χ2n) is 3.41. The van der Waals surface area contributed by atoms with E-state index in [9.17, 15) is 4.79 Å². The summed E-state index contributed by atoms with van der Waals surface area (Å²) >= 11 is 7.62. The summed E-state index contributed by atoms with van der Waals surface area (Å²) in [7, 11) is 0. The molecule has 0 radical (unpaired) electrons. The van der Waals surface area contributed by atoms with Crippen LogP contribution in [0.5, 0.6) is 0 Å². The number of hydrogen-bond donors (Lipinski definition) is 0. The van der Waals surface area contributed by atoms with E-state index >= 15 is 0 Å². The van der Waals surface area contributed by atoms with Gasteiger partial charge in [0.2, 0.25) is 0 Å². The van der Waals surface area contributed by atoms with Gasteiger partial charge >= 0.3 is 5.97 Å². The van der Waals surface area contributed by atoms with Crippen LogP contribution in [0.25, 0.3) is 0 Å². The predicted molar refractivity (Wildman–Crippen MR) is 73.4 cm³/mol. The number of ether oxygens (including phenoxy) is 1. The topological polar surface area (TPSA) is 26.3 Å². The van der Waals surface area contributed by atoms with Crippen molar-refractivity contribution in [2.75, 3.05) is 12.4 Å². The second-order valence-corrected chi connectivity index (χ2v) is 4.80. The molecule has 0 atom stereocenters. The molecule has 0 spiro atoms. The van der Waals surface area contributed by atoms with Gasteiger partial charge in [-0.15, -0.1) is 0 Å². The molecule has 0 aliphatic rings. The Bertz CT molecular complexity index is 404. The Morgan fingerprint density at radius 2 is 2.18 bits per heavy atom. The number of rotatable bonds is 6. The number of carbonyl (C=O) groups excluding carboxylic acids is 1. The van der Waals surface area contributed by atoms with Gasteiger partial charge in [0.1, 0.15) is 0 Å². The molecule has 4 heteroatoms. The van der Waals surface area contributed by atoms with Crippen LogP contribution in [0.4, 0.5) is 0 Å². The summed E-state index contributed by atoms with van der Waals surface area (Å²) in [5.41, 5.74) is 1.56. The Morgan fingerprint density at radius 3 is 2.82 bits per heavy atom. The monoisotopic (exact) mass is 270 g/mol. The Labute approximate surface area is 111 Å². The van der Waals surface area contributed by atoms with Crippen molar-refractivity contribution in [3.63, 3.8) is 0 Å². The molecule has 1 aromatic carbocycles. The highest BCUT2D eigenvalue weighted by Crippen LogP contribution is 2.21. The summed E-state index contributed by atoms with van der Waals surface area (Å²) in [6.07, 6.45) is 0. The summed E-state index contributed by atoms with van der Waals surface area (Å²) in [6.45, 7) is 5.86. The Hall–Kier alpha value is -0.930. The van der Waals surface area contributed by atoms with Crippen LogP contribution >= 0.6 is 23.4 Å². The number of thioether (sulfide) groups is 1. The highest BCUT2D eigenvalue weighted by atomic mass is 35.5. The van der Waals surface area contributed by atoms with Crippen LogP contribution in [-0.2, 0) is 15.3 Å². The van der Waals surface area contributed by atoms with Crippen molar-refractivity contribution < 1.29 is 9.53 Å². The van der Waals surface area contributed by atoms with E-state index in [4.69, 9.17) is 16.3 Å². The number of carbonyl (C=O) groups is 1. The van der Waals surface area contributed by atoms with E-state index in [2.05, 4.69) is 6.58 Å². The van der Waals surface area contributed by atoms with Crippen LogP contribution in [0.2, 0.25) is 5.02 Å². The third kappa shape index (κ3) is 4.84. The first-order valence-corrected chi connectivity index (χ1v) is 6.84. The Kier molecular flexibility index (Phi) is 6.16. The third-order valence-corrected chi connectivity index (χ3v) is 3.49. The van der Waals surface area contributed by atoms with E-state index in [1.54, 1.807) is 18.7 Å². The average molecular weight is 271 g/mol. The van der Waals surface area contributed by atoms with Crippen molar-refractivity contribution >= 4 is 29.3 Å². The molecule has 0 fully saturated rings. The maximum atomic E-state index is 11.3. The highest BCUT2D eigenvalue weighted by Gasteiger charge is 2.08. The van der Waals surface area contributed by atoms with Gasteiger partial charge < -0.3 is 4.74 Å². The van der Waals surface area contributed by atoms with Gasteiger partial charge in [0.25, 0.3) is 0 Å². The van der Waals surface area contributed by atoms with Crippen LogP contribution in [-0.4, -0.2) is 18.3 Å². The van der Waals surface area contributed by atoms with Crippen molar-refractivity contribution in [2.24, 2.45) is 0 Å². The van der Waals surface area contributed by atoms with Crippen molar-refractivity contribution in [1.82, 2.24) is 0 Å². The van der Waals surface area contributed by atoms with Gasteiger partial charge in [-0.2, -0.15) is 11.8 Å². The van der Waals surface area contributed by atoms with Crippen molar-refractivity contribution in [1.29, 1.82) is 0 Å². The molecule has 92 valence electrons. The van der Waals surface area contributed by atoms with Gasteiger partial charge in [0.15, 0.2) is 0 Å². The van der Waals surface area contributed by atoms with Crippen LogP contribution in [0.15, 0.2) is 36.4 Å². The smallest absolute Gasteiger partial charge is 0.334 e. The lowest BCUT2D eigenvalue weighted by Gasteiger charge is -2.06. The Morgan fingerprint density at radius 1 is 1.47 bits per heavy atom. The van der Waals surface area contributed by atoms with Gasteiger partial charge in [0.05, 0.1) is 6.61 Å². The van der Waals surface area contributed by atoms with Crippen molar-refractivity contribution in [3.8, 4) is 0 Å². The van der Waals surface area contributed by atoms with Crippen molar-refractivity contribution in [3.05, 3.63) is 47.0 Å². The quantitative estimate of drug-likeness (QED) is 0.582. The molecule has 0 aliphatic heterocycles. The lowest BCUT2D eigenvalue weighted by molar-refractivity contribution is -0.138. The van der Waals surface area contributed by atoms with Gasteiger partial charge in [0, 0.05) is 22.1 Å². The van der Waals surface area contributed by atoms with E-state index in [0.29, 0.717) is 17.9 Å². The second kappa shape index (κ2) is 7.41. The standard InChI is InChI=1S/C13H15ClO2S/c1-3-16-13(15)10(2)8-17-9-11-6-4-5-7-12(11)14/h4-7H,2-3,8-9H2,1H3. The third-order valence-electron chi connectivity index (χ3n) is 2.06. The minimum absolute atomic E-state index is 0.320. The SMILES string of the molecule is C=C(CSCc1ccccc1Cl)C(=O)OCC. The van der Waals surface area contributed by atoms with E-state index in [-0.39, 0.29) is 5.97 Å². The maximum Gasteiger partial charge on any atom is 0.334 e. The summed E-state index contributed by atoms with van der Waals surface area (Å²) in [4.78, 5) is 11.3. The van der Waals surface area contributed by atoms with Crippen LogP contribution in [0.3, 0.4) is 0 Å². The molecular weight excluding hydrogens is 256 g/mol. The minimum Gasteiger partial charge on any atom is -0.463 e. The maximum absolute atomic E-state index is 11.3. The summed E-state index contributed by atoms with van der Waals surface area (Å²) in [6, 6.07) is 7.68. The molecule has 1 rings (SSSR count). The molecule has 17 heavy (non-hydrogen) atoms. The van der Waals surface area contributed by atoms with E-state index < -0.39 is 0 Å². The van der Waals surface area contributed by atoms with Gasteiger partial charge in [-0.3, -0.25) is 0 Å². The Balaban J connectivity index is 2.36. The largest absolute Gasteiger partial charge is 0.463 e. The molecule has 0 amide bonds. The lowest BCUT2D eigenvalue weighted by Crippen LogP contribution is -2.08. The number of hydrogen-bond acceptors (Lipinski definition) is 3. The first-order valence-electron chi connectivity index (χ1n) is 5.31. The molecule has 2 nitrogen and oxygen atoms in total. The van der Waals surface area contributed by atoms with Crippen LogP contribution in [0.1, 0.15) is 12.5 Å². The molecule has 0 heterocycles. The van der Waals surface area contributed by atoms with Gasteiger partial charge in [-0.1, -0.05) is 36.4 Å². The zero-order chi connectivity index (χ0) is 12.7. The fourth-order valence-corrected chi connectivity index (χ4v) is 2.41. The predicted octanol–water partition coefficient (Wildman–Crippen LogP) is 3.69. The van der Waals surface area contributed by atoms with E-state index in [0.717, 1.165) is 16.3 Å². The van der Waals surface area contributed by atoms with Gasteiger partial charge in [-0.05, 0) is 18.6 Å². The molecular formula is C13H15ClO2S. The normalized spacial score (nSPS) is 10.0. The van der Waals surface area contributed by atoms with Crippen molar-refractivity contribution in [2.45, 2.75) is 12.7 Å². The molecule has 0 saturated heterocycles. The highest BCUT2D eigenvalue weighted by molar-refractivity contribution is 7.98. The molecule has 0 unspecified atom stereocenters. The zero-order valence-corrected chi connectivity index (χ0v) is 11.3. The summed E-state index contributed by atoms with van der Waals surface area (Å²) in [5.74, 6) is 1.00. The average Bonchev–Trinajstić information content (AvgIpc) is 2.31. The fraction of sp³-hybridized carbons (Fsp3) is 0.308. The minimum atomic E-state index is -0.320. The molecule has 0 N–H and O–H groups in total. The molecule has 0 aromatic heterocycles. The van der Waals surface area contributed by atoms with E-state index in [1.165, 1.54) is 0 Å². The first kappa shape index (κ1) is 14.1. The summed E-state index contributed by atoms with van der Waals surface area (Å²) in [5, 5.41) is 0.752. The first-order chi connectivity index (χ1) is 8.15. The van der Waals surface area contributed by atoms with Crippen LogP contribution in [0, 0.1) is 0 Å². The molecule has 0 aliphatic carbocycles. The number of esters is 1. The lowest BCUT2D eigenvalue weighted by atomic mass is 10.2. The number of halogens is 1. The molecule has 0 bridgehead atoms. The van der Waals surface area contributed by atoms with E-state index in [1.807, 2.05) is 24.3 Å². The fourth-order valence-electron chi connectivity index (χ4n) is 1.19. The zero-order valence-electron chi connectivity index (χ0n) is 9.74. The number of benzene rings is 1. The molecule has 1 aromatic rings. The van der Waals surface area contributed by atoms with Gasteiger partial charge in [-0.25, -0.2) is 4.79 Å².